The summed E-state index contributed by atoms with van der Waals surface area (Å²) in [5, 5.41) is 1.33. The molecule has 23 heavy (non-hydrogen) atoms. The van der Waals surface area contributed by atoms with Gasteiger partial charge in [-0.1, -0.05) is 36.4 Å². The van der Waals surface area contributed by atoms with Gasteiger partial charge in [0.15, 0.2) is 0 Å². The van der Waals surface area contributed by atoms with Gasteiger partial charge < -0.3 is 11.5 Å². The van der Waals surface area contributed by atoms with E-state index >= 15 is 0 Å². The lowest BCUT2D eigenvalue weighted by atomic mass is 10.1. The molecular formula is C17H17N3O2S. The molecule has 0 bridgehead atoms. The third-order valence-electron chi connectivity index (χ3n) is 3.65. The van der Waals surface area contributed by atoms with E-state index < -0.39 is 10.0 Å². The number of fused-ring (bicyclic) bond motifs is 1. The van der Waals surface area contributed by atoms with Crippen LogP contribution in [0, 0.1) is 0 Å². The molecule has 3 aromatic carbocycles. The van der Waals surface area contributed by atoms with Crippen LogP contribution in [-0.2, 0) is 16.6 Å². The van der Waals surface area contributed by atoms with Crippen molar-refractivity contribution in [3.05, 3.63) is 66.2 Å². The Morgan fingerprint density at radius 3 is 2.22 bits per heavy atom. The van der Waals surface area contributed by atoms with Crippen LogP contribution in [0.25, 0.3) is 10.8 Å². The summed E-state index contributed by atoms with van der Waals surface area (Å²) in [4.78, 5) is 0.220. The van der Waals surface area contributed by atoms with E-state index in [9.17, 15) is 8.42 Å². The van der Waals surface area contributed by atoms with Crippen molar-refractivity contribution < 1.29 is 8.42 Å². The third-order valence-corrected chi connectivity index (χ3v) is 5.11. The van der Waals surface area contributed by atoms with Gasteiger partial charge in [0.05, 0.1) is 4.90 Å². The maximum atomic E-state index is 12.6. The number of hydrogen-bond donors (Lipinski definition) is 3. The van der Waals surface area contributed by atoms with Gasteiger partial charge in [-0.25, -0.2) is 13.1 Å². The van der Waals surface area contributed by atoms with Gasteiger partial charge in [-0.2, -0.15) is 0 Å². The number of rotatable bonds is 4. The third kappa shape index (κ3) is 3.13. The van der Waals surface area contributed by atoms with Crippen LogP contribution >= 0.6 is 0 Å². The van der Waals surface area contributed by atoms with Crippen molar-refractivity contribution in [3.63, 3.8) is 0 Å². The molecule has 5 N–H and O–H groups in total. The highest BCUT2D eigenvalue weighted by Gasteiger charge is 2.17. The van der Waals surface area contributed by atoms with Gasteiger partial charge in [0.25, 0.3) is 0 Å². The number of nitrogen functional groups attached to an aromatic ring is 2. The summed E-state index contributed by atoms with van der Waals surface area (Å²) in [7, 11) is -3.65. The van der Waals surface area contributed by atoms with E-state index in [1.807, 2.05) is 6.07 Å². The Kier molecular flexibility index (Phi) is 3.94. The highest BCUT2D eigenvalue weighted by atomic mass is 32.2. The van der Waals surface area contributed by atoms with Crippen LogP contribution in [0.2, 0.25) is 0 Å². The van der Waals surface area contributed by atoms with Crippen molar-refractivity contribution in [2.24, 2.45) is 0 Å². The van der Waals surface area contributed by atoms with E-state index in [0.29, 0.717) is 16.8 Å². The van der Waals surface area contributed by atoms with Crippen LogP contribution < -0.4 is 16.2 Å². The summed E-state index contributed by atoms with van der Waals surface area (Å²) in [6.07, 6.45) is 0. The average molecular weight is 327 g/mol. The first-order chi connectivity index (χ1) is 11.0. The van der Waals surface area contributed by atoms with Gasteiger partial charge in [-0.15, -0.1) is 0 Å². The van der Waals surface area contributed by atoms with Crippen LogP contribution in [0.1, 0.15) is 5.56 Å². The molecule has 0 aromatic heterocycles. The van der Waals surface area contributed by atoms with Crippen LogP contribution in [0.15, 0.2) is 65.6 Å². The van der Waals surface area contributed by atoms with Gasteiger partial charge in [-0.3, -0.25) is 0 Å². The van der Waals surface area contributed by atoms with Crippen LogP contribution in [0.4, 0.5) is 11.4 Å². The molecule has 0 heterocycles. The zero-order chi connectivity index (χ0) is 16.4. The summed E-state index contributed by atoms with van der Waals surface area (Å²) < 4.78 is 27.9. The van der Waals surface area contributed by atoms with Crippen molar-refractivity contribution in [3.8, 4) is 0 Å². The summed E-state index contributed by atoms with van der Waals surface area (Å²) in [6, 6.07) is 17.4. The second kappa shape index (κ2) is 5.91. The number of nitrogens with two attached hydrogens (primary N) is 2. The highest BCUT2D eigenvalue weighted by molar-refractivity contribution is 7.89. The molecule has 0 aliphatic heterocycles. The molecule has 3 rings (SSSR count). The van der Waals surface area contributed by atoms with Crippen molar-refractivity contribution in [1.29, 1.82) is 0 Å². The normalized spacial score (nSPS) is 11.7. The first-order valence-electron chi connectivity index (χ1n) is 7.09. The van der Waals surface area contributed by atoms with Crippen molar-refractivity contribution in [1.82, 2.24) is 4.72 Å². The lowest BCUT2D eigenvalue weighted by Crippen LogP contribution is -2.23. The summed E-state index contributed by atoms with van der Waals surface area (Å²) in [6.45, 7) is 0.196. The highest BCUT2D eigenvalue weighted by Crippen LogP contribution is 2.27. The molecule has 6 heteroatoms. The Morgan fingerprint density at radius 2 is 1.48 bits per heavy atom. The fraction of sp³-hybridized carbons (Fsp3) is 0.0588. The first-order valence-corrected chi connectivity index (χ1v) is 8.57. The fourth-order valence-electron chi connectivity index (χ4n) is 2.43. The minimum atomic E-state index is -3.65. The van der Waals surface area contributed by atoms with Gasteiger partial charge in [0, 0.05) is 28.7 Å². The average Bonchev–Trinajstić information content (AvgIpc) is 2.54. The Hall–Kier alpha value is -2.57. The standard InChI is InChI=1S/C17H17N3O2S/c18-13-9-7-12(8-10-13)11-20-23(21,22)17-6-2-3-14-15(17)4-1-5-16(14)19/h1-10,20H,11,18-19H2. The van der Waals surface area contributed by atoms with Crippen LogP contribution in [0.3, 0.4) is 0 Å². The Labute approximate surface area is 135 Å². The van der Waals surface area contributed by atoms with E-state index in [0.717, 1.165) is 10.9 Å². The van der Waals surface area contributed by atoms with E-state index in [2.05, 4.69) is 4.72 Å². The van der Waals surface area contributed by atoms with Crippen molar-refractivity contribution in [2.45, 2.75) is 11.4 Å². The Balaban J connectivity index is 1.94. The molecule has 118 valence electrons. The fourth-order valence-corrected chi connectivity index (χ4v) is 3.67. The number of anilines is 2. The van der Waals surface area contributed by atoms with Crippen LogP contribution in [-0.4, -0.2) is 8.42 Å². The molecule has 0 atom stereocenters. The van der Waals surface area contributed by atoms with E-state index in [1.165, 1.54) is 0 Å². The number of sulfonamides is 1. The van der Waals surface area contributed by atoms with Crippen LogP contribution in [0.5, 0.6) is 0 Å². The number of benzene rings is 3. The first kappa shape index (κ1) is 15.3. The molecule has 3 aromatic rings. The van der Waals surface area contributed by atoms with E-state index in [4.69, 9.17) is 11.5 Å². The second-order valence-corrected chi connectivity index (χ2v) is 7.00. The maximum absolute atomic E-state index is 12.6. The van der Waals surface area contributed by atoms with Gasteiger partial charge in [0.2, 0.25) is 10.0 Å². The molecule has 0 amide bonds. The van der Waals surface area contributed by atoms with E-state index in [1.54, 1.807) is 54.6 Å². The largest absolute Gasteiger partial charge is 0.399 e. The molecule has 5 nitrogen and oxygen atoms in total. The molecule has 0 radical (unpaired) electrons. The molecule has 0 aliphatic carbocycles. The van der Waals surface area contributed by atoms with Gasteiger partial charge in [-0.05, 0) is 29.8 Å². The molecular weight excluding hydrogens is 310 g/mol. The molecule has 0 unspecified atom stereocenters. The summed E-state index contributed by atoms with van der Waals surface area (Å²) in [5.74, 6) is 0. The molecule has 0 saturated heterocycles. The zero-order valence-electron chi connectivity index (χ0n) is 12.4. The zero-order valence-corrected chi connectivity index (χ0v) is 13.2. The monoisotopic (exact) mass is 327 g/mol. The Morgan fingerprint density at radius 1 is 0.826 bits per heavy atom. The molecule has 0 fully saturated rings. The number of hydrogen-bond acceptors (Lipinski definition) is 4. The SMILES string of the molecule is Nc1ccc(CNS(=O)(=O)c2cccc3c(N)cccc23)cc1. The summed E-state index contributed by atoms with van der Waals surface area (Å²) >= 11 is 0. The second-order valence-electron chi connectivity index (χ2n) is 5.26. The molecule has 0 saturated carbocycles. The predicted octanol–water partition coefficient (Wildman–Crippen LogP) is 2.48. The van der Waals surface area contributed by atoms with Gasteiger partial charge >= 0.3 is 0 Å². The predicted molar refractivity (Wildman–Crippen MR) is 93.2 cm³/mol. The van der Waals surface area contributed by atoms with Crippen molar-refractivity contribution >= 4 is 32.2 Å². The minimum absolute atomic E-state index is 0.196. The minimum Gasteiger partial charge on any atom is -0.399 e. The lowest BCUT2D eigenvalue weighted by molar-refractivity contribution is 0.582. The Bertz CT molecular complexity index is 951. The molecule has 0 aliphatic rings. The number of nitrogens with one attached hydrogen (secondary N) is 1. The molecule has 0 spiro atoms. The van der Waals surface area contributed by atoms with Crippen molar-refractivity contribution in [2.75, 3.05) is 11.5 Å². The summed E-state index contributed by atoms with van der Waals surface area (Å²) in [5.41, 5.74) is 13.6. The van der Waals surface area contributed by atoms with E-state index in [-0.39, 0.29) is 11.4 Å². The topological polar surface area (TPSA) is 98.2 Å². The van der Waals surface area contributed by atoms with Gasteiger partial charge in [0.1, 0.15) is 0 Å². The smallest absolute Gasteiger partial charge is 0.241 e. The quantitative estimate of drug-likeness (QED) is 0.641. The lowest BCUT2D eigenvalue weighted by Gasteiger charge is -2.11. The maximum Gasteiger partial charge on any atom is 0.241 e.